The highest BCUT2D eigenvalue weighted by atomic mass is 14.3. The summed E-state index contributed by atoms with van der Waals surface area (Å²) < 4.78 is 0. The molecule has 0 unspecified atom stereocenters. The predicted molar refractivity (Wildman–Crippen MR) is 49.9 cm³/mol. The van der Waals surface area contributed by atoms with Gasteiger partial charge in [0.25, 0.3) is 0 Å². The van der Waals surface area contributed by atoms with E-state index in [1.165, 1.54) is 0 Å². The summed E-state index contributed by atoms with van der Waals surface area (Å²) in [6.45, 7) is 3.79. The lowest BCUT2D eigenvalue weighted by Crippen LogP contribution is -1.91. The second-order valence-corrected chi connectivity index (χ2v) is 3.05. The fraction of sp³-hybridized carbons (Fsp3) is 0.273. The van der Waals surface area contributed by atoms with Crippen molar-refractivity contribution >= 4 is 0 Å². The zero-order valence-corrected chi connectivity index (χ0v) is 7.76. The molecule has 2 nitrogen and oxygen atoms in total. The molecule has 0 radical (unpaired) electrons. The van der Waals surface area contributed by atoms with Crippen LogP contribution < -0.4 is 0 Å². The van der Waals surface area contributed by atoms with Gasteiger partial charge >= 0.3 is 0 Å². The Balaban J connectivity index is 3.24. The molecule has 13 heavy (non-hydrogen) atoms. The van der Waals surface area contributed by atoms with Crippen LogP contribution in [0.2, 0.25) is 0 Å². The third-order valence-corrected chi connectivity index (χ3v) is 1.99. The summed E-state index contributed by atoms with van der Waals surface area (Å²) in [7, 11) is 0. The van der Waals surface area contributed by atoms with Crippen molar-refractivity contribution < 1.29 is 0 Å². The molecule has 2 heteroatoms. The molecular weight excluding hydrogens is 160 g/mol. The van der Waals surface area contributed by atoms with Gasteiger partial charge in [0.1, 0.15) is 0 Å². The van der Waals surface area contributed by atoms with E-state index in [-0.39, 0.29) is 0 Å². The third kappa shape index (κ3) is 1.86. The third-order valence-electron chi connectivity index (χ3n) is 1.99. The lowest BCUT2D eigenvalue weighted by molar-refractivity contribution is 1.21. The zero-order chi connectivity index (χ0) is 9.84. The van der Waals surface area contributed by atoms with Crippen LogP contribution in [-0.2, 0) is 6.42 Å². The first kappa shape index (κ1) is 9.29. The Hall–Kier alpha value is -1.80. The Morgan fingerprint density at radius 2 is 1.69 bits per heavy atom. The Kier molecular flexibility index (Phi) is 2.67. The van der Waals surface area contributed by atoms with Gasteiger partial charge in [-0.25, -0.2) is 0 Å². The first-order chi connectivity index (χ1) is 6.19. The molecule has 0 saturated heterocycles. The molecule has 0 heterocycles. The summed E-state index contributed by atoms with van der Waals surface area (Å²) in [5, 5.41) is 17.3. The Labute approximate surface area is 78.0 Å². The van der Waals surface area contributed by atoms with Gasteiger partial charge in [0, 0.05) is 0 Å². The van der Waals surface area contributed by atoms with Crippen molar-refractivity contribution in [2.24, 2.45) is 0 Å². The zero-order valence-electron chi connectivity index (χ0n) is 7.76. The van der Waals surface area contributed by atoms with Crippen LogP contribution in [0.15, 0.2) is 12.1 Å². The van der Waals surface area contributed by atoms with Crippen molar-refractivity contribution in [1.29, 1.82) is 10.5 Å². The molecule has 64 valence electrons. The lowest BCUT2D eigenvalue weighted by atomic mass is 9.99. The van der Waals surface area contributed by atoms with Crippen LogP contribution in [0.4, 0.5) is 0 Å². The summed E-state index contributed by atoms with van der Waals surface area (Å²) in [6, 6.07) is 8.04. The molecule has 0 spiro atoms. The second-order valence-electron chi connectivity index (χ2n) is 3.05. The van der Waals surface area contributed by atoms with Gasteiger partial charge < -0.3 is 0 Å². The molecule has 0 aliphatic heterocycles. The molecule has 0 aliphatic rings. The minimum Gasteiger partial charge on any atom is -0.198 e. The van der Waals surface area contributed by atoms with E-state index in [1.807, 2.05) is 26.0 Å². The van der Waals surface area contributed by atoms with Crippen molar-refractivity contribution in [2.75, 3.05) is 0 Å². The topological polar surface area (TPSA) is 47.6 Å². The van der Waals surface area contributed by atoms with E-state index in [0.29, 0.717) is 6.42 Å². The summed E-state index contributed by atoms with van der Waals surface area (Å²) in [5.74, 6) is 0. The van der Waals surface area contributed by atoms with Gasteiger partial charge in [-0.15, -0.1) is 0 Å². The molecule has 1 aromatic carbocycles. The average molecular weight is 170 g/mol. The van der Waals surface area contributed by atoms with E-state index in [0.717, 1.165) is 22.3 Å². The Bertz CT molecular complexity index is 382. The van der Waals surface area contributed by atoms with Crippen molar-refractivity contribution in [2.45, 2.75) is 20.3 Å². The maximum Gasteiger partial charge on any atom is 0.0997 e. The van der Waals surface area contributed by atoms with Crippen molar-refractivity contribution in [3.63, 3.8) is 0 Å². The second kappa shape index (κ2) is 3.74. The van der Waals surface area contributed by atoms with Crippen LogP contribution in [0.1, 0.15) is 22.3 Å². The number of benzene rings is 1. The molecule has 0 bridgehead atoms. The average Bonchev–Trinajstić information content (AvgIpc) is 2.04. The minimum absolute atomic E-state index is 0.410. The van der Waals surface area contributed by atoms with Crippen molar-refractivity contribution in [3.8, 4) is 12.1 Å². The van der Waals surface area contributed by atoms with Crippen molar-refractivity contribution in [3.05, 3.63) is 34.4 Å². The number of aryl methyl sites for hydroxylation is 2. The summed E-state index contributed by atoms with van der Waals surface area (Å²) in [5.41, 5.74) is 3.61. The highest BCUT2D eigenvalue weighted by Gasteiger charge is 2.03. The van der Waals surface area contributed by atoms with Crippen LogP contribution in [0.3, 0.4) is 0 Å². The van der Waals surface area contributed by atoms with E-state index >= 15 is 0 Å². The SMILES string of the molecule is Cc1cc(CC#N)cc(C)c1C#N. The first-order valence-electron chi connectivity index (χ1n) is 4.06. The standard InChI is InChI=1S/C11H10N2/c1-8-5-10(3-4-12)6-9(2)11(8)7-13/h5-6H,3H2,1-2H3. The predicted octanol–water partition coefficient (Wildman–Crippen LogP) is 2.24. The molecule has 0 atom stereocenters. The smallest absolute Gasteiger partial charge is 0.0997 e. The van der Waals surface area contributed by atoms with Gasteiger partial charge in [0.15, 0.2) is 0 Å². The number of hydrogen-bond acceptors (Lipinski definition) is 2. The molecule has 0 saturated carbocycles. The maximum atomic E-state index is 8.81. The largest absolute Gasteiger partial charge is 0.198 e. The summed E-state index contributed by atoms with van der Waals surface area (Å²) >= 11 is 0. The molecule has 1 aromatic rings. The molecule has 0 aliphatic carbocycles. The number of nitrogens with zero attached hydrogens (tertiary/aromatic N) is 2. The molecular formula is C11H10N2. The van der Waals surface area contributed by atoms with E-state index in [9.17, 15) is 0 Å². The fourth-order valence-electron chi connectivity index (χ4n) is 1.42. The Morgan fingerprint density at radius 3 is 2.08 bits per heavy atom. The van der Waals surface area contributed by atoms with Crippen LogP contribution in [0.5, 0.6) is 0 Å². The minimum atomic E-state index is 0.410. The van der Waals surface area contributed by atoms with E-state index in [4.69, 9.17) is 10.5 Å². The molecule has 0 N–H and O–H groups in total. The summed E-state index contributed by atoms with van der Waals surface area (Å²) in [4.78, 5) is 0. The maximum absolute atomic E-state index is 8.81. The van der Waals surface area contributed by atoms with E-state index in [2.05, 4.69) is 12.1 Å². The van der Waals surface area contributed by atoms with Gasteiger partial charge in [0.2, 0.25) is 0 Å². The Morgan fingerprint density at radius 1 is 1.15 bits per heavy atom. The highest BCUT2D eigenvalue weighted by Crippen LogP contribution is 2.15. The number of hydrogen-bond donors (Lipinski definition) is 0. The summed E-state index contributed by atoms with van der Waals surface area (Å²) in [6.07, 6.45) is 0.410. The molecule has 1 rings (SSSR count). The quantitative estimate of drug-likeness (QED) is 0.648. The molecule has 0 fully saturated rings. The van der Waals surface area contributed by atoms with Crippen LogP contribution in [0.25, 0.3) is 0 Å². The van der Waals surface area contributed by atoms with E-state index < -0.39 is 0 Å². The van der Waals surface area contributed by atoms with Crippen LogP contribution >= 0.6 is 0 Å². The van der Waals surface area contributed by atoms with Gasteiger partial charge in [-0.1, -0.05) is 12.1 Å². The lowest BCUT2D eigenvalue weighted by Gasteiger charge is -2.04. The van der Waals surface area contributed by atoms with Crippen molar-refractivity contribution in [1.82, 2.24) is 0 Å². The molecule has 0 aromatic heterocycles. The van der Waals surface area contributed by atoms with Gasteiger partial charge in [-0.3, -0.25) is 0 Å². The van der Waals surface area contributed by atoms with Gasteiger partial charge in [0.05, 0.1) is 24.1 Å². The van der Waals surface area contributed by atoms with Crippen LogP contribution in [-0.4, -0.2) is 0 Å². The van der Waals surface area contributed by atoms with Gasteiger partial charge in [-0.2, -0.15) is 10.5 Å². The normalized spacial score (nSPS) is 8.92. The molecule has 0 amide bonds. The van der Waals surface area contributed by atoms with Crippen LogP contribution in [0, 0.1) is 36.5 Å². The van der Waals surface area contributed by atoms with E-state index in [1.54, 1.807) is 0 Å². The monoisotopic (exact) mass is 170 g/mol. The fourth-order valence-corrected chi connectivity index (χ4v) is 1.42. The first-order valence-corrected chi connectivity index (χ1v) is 4.06. The number of nitriles is 2. The highest BCUT2D eigenvalue weighted by molar-refractivity contribution is 5.46. The van der Waals surface area contributed by atoms with Gasteiger partial charge in [-0.05, 0) is 30.5 Å². The number of rotatable bonds is 1.